The van der Waals surface area contributed by atoms with Crippen LogP contribution < -0.4 is 4.74 Å². The lowest BCUT2D eigenvalue weighted by atomic mass is 10.2. The molecule has 1 rings (SSSR count). The zero-order chi connectivity index (χ0) is 10.6. The molecule has 0 unspecified atom stereocenters. The molecule has 14 heavy (non-hydrogen) atoms. The largest absolute Gasteiger partial charge is 0.487 e. The van der Waals surface area contributed by atoms with Crippen molar-refractivity contribution >= 4 is 5.69 Å². The Morgan fingerprint density at radius 3 is 2.64 bits per heavy atom. The molecule has 0 aliphatic carbocycles. The van der Waals surface area contributed by atoms with Crippen LogP contribution in [0.4, 0.5) is 5.69 Å². The lowest BCUT2D eigenvalue weighted by molar-refractivity contribution is -0.385. The van der Waals surface area contributed by atoms with Crippen molar-refractivity contribution in [1.29, 1.82) is 0 Å². The number of rotatable bonds is 4. The third-order valence-corrected chi connectivity index (χ3v) is 1.63. The standard InChI is InChI=1S/C10H13NO3/c1-8(2)7-14-10-6-4-3-5-9(10)11(12)13/h3-6,8H,7H2,1-2H3. The fraction of sp³-hybridized carbons (Fsp3) is 0.400. The van der Waals surface area contributed by atoms with Crippen molar-refractivity contribution in [3.63, 3.8) is 0 Å². The van der Waals surface area contributed by atoms with E-state index >= 15 is 0 Å². The Hall–Kier alpha value is -1.58. The van der Waals surface area contributed by atoms with E-state index in [-0.39, 0.29) is 5.69 Å². The van der Waals surface area contributed by atoms with E-state index in [2.05, 4.69) is 0 Å². The van der Waals surface area contributed by atoms with E-state index in [1.54, 1.807) is 18.2 Å². The molecule has 0 fully saturated rings. The maximum absolute atomic E-state index is 10.6. The number of benzene rings is 1. The first-order valence-electron chi connectivity index (χ1n) is 4.47. The van der Waals surface area contributed by atoms with Gasteiger partial charge in [-0.3, -0.25) is 10.1 Å². The molecular weight excluding hydrogens is 182 g/mol. The molecule has 0 amide bonds. The van der Waals surface area contributed by atoms with Crippen molar-refractivity contribution in [3.05, 3.63) is 34.4 Å². The Balaban J connectivity index is 2.79. The van der Waals surface area contributed by atoms with Gasteiger partial charge >= 0.3 is 5.69 Å². The van der Waals surface area contributed by atoms with Crippen LogP contribution in [-0.4, -0.2) is 11.5 Å². The summed E-state index contributed by atoms with van der Waals surface area (Å²) in [5.41, 5.74) is 0.0214. The van der Waals surface area contributed by atoms with Crippen LogP contribution in [0.5, 0.6) is 5.75 Å². The van der Waals surface area contributed by atoms with Crippen molar-refractivity contribution < 1.29 is 9.66 Å². The fourth-order valence-electron chi connectivity index (χ4n) is 0.986. The molecule has 0 saturated carbocycles. The highest BCUT2D eigenvalue weighted by molar-refractivity contribution is 5.45. The molecule has 0 heterocycles. The molecule has 0 N–H and O–H groups in total. The fourth-order valence-corrected chi connectivity index (χ4v) is 0.986. The van der Waals surface area contributed by atoms with Gasteiger partial charge in [-0.15, -0.1) is 0 Å². The van der Waals surface area contributed by atoms with Gasteiger partial charge in [-0.2, -0.15) is 0 Å². The number of hydrogen-bond acceptors (Lipinski definition) is 3. The zero-order valence-corrected chi connectivity index (χ0v) is 8.27. The molecule has 1 aromatic rings. The number of nitro benzene ring substituents is 1. The Bertz CT molecular complexity index is 323. The molecule has 0 atom stereocenters. The Labute approximate surface area is 82.7 Å². The van der Waals surface area contributed by atoms with Crippen LogP contribution in [0.1, 0.15) is 13.8 Å². The van der Waals surface area contributed by atoms with Gasteiger partial charge in [0.2, 0.25) is 0 Å². The Kier molecular flexibility index (Phi) is 3.45. The quantitative estimate of drug-likeness (QED) is 0.548. The van der Waals surface area contributed by atoms with Gasteiger partial charge in [0.15, 0.2) is 5.75 Å². The van der Waals surface area contributed by atoms with Gasteiger partial charge in [-0.05, 0) is 12.0 Å². The highest BCUT2D eigenvalue weighted by Crippen LogP contribution is 2.25. The van der Waals surface area contributed by atoms with Crippen LogP contribution in [-0.2, 0) is 0 Å². The number of nitro groups is 1. The summed E-state index contributed by atoms with van der Waals surface area (Å²) in [6, 6.07) is 6.40. The second kappa shape index (κ2) is 4.60. The molecule has 0 bridgehead atoms. The smallest absolute Gasteiger partial charge is 0.310 e. The SMILES string of the molecule is CC(C)COc1ccccc1[N+](=O)[O-]. The van der Waals surface area contributed by atoms with Gasteiger partial charge in [0.25, 0.3) is 0 Å². The van der Waals surface area contributed by atoms with E-state index in [0.29, 0.717) is 18.3 Å². The molecule has 0 aliphatic rings. The zero-order valence-electron chi connectivity index (χ0n) is 8.27. The minimum absolute atomic E-state index is 0.0214. The van der Waals surface area contributed by atoms with E-state index in [1.165, 1.54) is 6.07 Å². The van der Waals surface area contributed by atoms with Crippen molar-refractivity contribution in [3.8, 4) is 5.75 Å². The monoisotopic (exact) mass is 195 g/mol. The van der Waals surface area contributed by atoms with Crippen LogP contribution in [0.25, 0.3) is 0 Å². The Morgan fingerprint density at radius 1 is 1.43 bits per heavy atom. The summed E-state index contributed by atoms with van der Waals surface area (Å²) in [6.07, 6.45) is 0. The van der Waals surface area contributed by atoms with Crippen molar-refractivity contribution in [2.45, 2.75) is 13.8 Å². The lowest BCUT2D eigenvalue weighted by Gasteiger charge is -2.08. The van der Waals surface area contributed by atoms with Gasteiger partial charge < -0.3 is 4.74 Å². The molecule has 0 radical (unpaired) electrons. The summed E-state index contributed by atoms with van der Waals surface area (Å²) in [4.78, 5) is 10.2. The highest BCUT2D eigenvalue weighted by Gasteiger charge is 2.13. The second-order valence-electron chi connectivity index (χ2n) is 3.43. The third-order valence-electron chi connectivity index (χ3n) is 1.63. The number of nitrogens with zero attached hydrogens (tertiary/aromatic N) is 1. The minimum Gasteiger partial charge on any atom is -0.487 e. The van der Waals surface area contributed by atoms with Crippen LogP contribution in [0.3, 0.4) is 0 Å². The molecule has 0 spiro atoms. The van der Waals surface area contributed by atoms with Crippen molar-refractivity contribution in [1.82, 2.24) is 0 Å². The molecule has 1 aromatic carbocycles. The van der Waals surface area contributed by atoms with E-state index in [4.69, 9.17) is 4.74 Å². The van der Waals surface area contributed by atoms with E-state index < -0.39 is 4.92 Å². The molecule has 0 aliphatic heterocycles. The normalized spacial score (nSPS) is 10.2. The first-order valence-corrected chi connectivity index (χ1v) is 4.47. The van der Waals surface area contributed by atoms with Gasteiger partial charge in [0, 0.05) is 6.07 Å². The van der Waals surface area contributed by atoms with Gasteiger partial charge in [-0.25, -0.2) is 0 Å². The van der Waals surface area contributed by atoms with Gasteiger partial charge in [-0.1, -0.05) is 26.0 Å². The minimum atomic E-state index is -0.435. The average molecular weight is 195 g/mol. The molecular formula is C10H13NO3. The highest BCUT2D eigenvalue weighted by atomic mass is 16.6. The maximum atomic E-state index is 10.6. The van der Waals surface area contributed by atoms with Crippen LogP contribution >= 0.6 is 0 Å². The topological polar surface area (TPSA) is 52.4 Å². The van der Waals surface area contributed by atoms with E-state index in [1.807, 2.05) is 13.8 Å². The molecule has 76 valence electrons. The predicted octanol–water partition coefficient (Wildman–Crippen LogP) is 2.63. The molecule has 0 saturated heterocycles. The summed E-state index contributed by atoms with van der Waals surface area (Å²) in [6.45, 7) is 4.48. The summed E-state index contributed by atoms with van der Waals surface area (Å²) in [5.74, 6) is 0.695. The van der Waals surface area contributed by atoms with Crippen LogP contribution in [0, 0.1) is 16.0 Å². The first-order chi connectivity index (χ1) is 6.61. The third kappa shape index (κ3) is 2.73. The maximum Gasteiger partial charge on any atom is 0.310 e. The average Bonchev–Trinajstić information content (AvgIpc) is 2.15. The molecule has 4 heteroatoms. The molecule has 4 nitrogen and oxygen atoms in total. The van der Waals surface area contributed by atoms with E-state index in [0.717, 1.165) is 0 Å². The van der Waals surface area contributed by atoms with Crippen LogP contribution in [0.15, 0.2) is 24.3 Å². The van der Waals surface area contributed by atoms with E-state index in [9.17, 15) is 10.1 Å². The summed E-state index contributed by atoms with van der Waals surface area (Å²) in [5, 5.41) is 10.6. The Morgan fingerprint density at radius 2 is 2.07 bits per heavy atom. The number of para-hydroxylation sites is 2. The predicted molar refractivity (Wildman–Crippen MR) is 53.4 cm³/mol. The number of ether oxygens (including phenoxy) is 1. The lowest BCUT2D eigenvalue weighted by Crippen LogP contribution is -2.05. The van der Waals surface area contributed by atoms with Crippen molar-refractivity contribution in [2.24, 2.45) is 5.92 Å². The summed E-state index contributed by atoms with van der Waals surface area (Å²) < 4.78 is 5.32. The van der Waals surface area contributed by atoms with Crippen LogP contribution in [0.2, 0.25) is 0 Å². The summed E-state index contributed by atoms with van der Waals surface area (Å²) >= 11 is 0. The van der Waals surface area contributed by atoms with Gasteiger partial charge in [0.05, 0.1) is 11.5 Å². The first kappa shape index (κ1) is 10.5. The van der Waals surface area contributed by atoms with Crippen molar-refractivity contribution in [2.75, 3.05) is 6.61 Å². The second-order valence-corrected chi connectivity index (χ2v) is 3.43. The molecule has 0 aromatic heterocycles. The van der Waals surface area contributed by atoms with Gasteiger partial charge in [0.1, 0.15) is 0 Å². The summed E-state index contributed by atoms with van der Waals surface area (Å²) in [7, 11) is 0. The number of hydrogen-bond donors (Lipinski definition) is 0.